The Morgan fingerprint density at radius 3 is 2.66 bits per heavy atom. The van der Waals surface area contributed by atoms with Gasteiger partial charge >= 0.3 is 6.09 Å². The van der Waals surface area contributed by atoms with Crippen molar-refractivity contribution < 1.29 is 9.90 Å². The van der Waals surface area contributed by atoms with E-state index >= 15 is 0 Å². The highest BCUT2D eigenvalue weighted by atomic mass is 16.4. The SMILES string of the molecule is CCC1C[C@@H]2CN(C(=O)O)C[C@@H]2N1C1(n2ncccc2=O)C=CC(c2ccccc2)=CC1. The van der Waals surface area contributed by atoms with Crippen LogP contribution in [-0.4, -0.2) is 56.0 Å². The van der Waals surface area contributed by atoms with E-state index in [0.717, 1.165) is 24.0 Å². The molecule has 7 heteroatoms. The van der Waals surface area contributed by atoms with Gasteiger partial charge in [0.2, 0.25) is 0 Å². The van der Waals surface area contributed by atoms with Gasteiger partial charge in [0.15, 0.2) is 0 Å². The molecule has 0 bridgehead atoms. The predicted octanol–water partition coefficient (Wildman–Crippen LogP) is 3.40. The normalized spacial score (nSPS) is 29.7. The van der Waals surface area contributed by atoms with Crippen LogP contribution in [0, 0.1) is 5.92 Å². The number of benzene rings is 1. The minimum Gasteiger partial charge on any atom is -0.465 e. The van der Waals surface area contributed by atoms with Crippen LogP contribution in [-0.2, 0) is 5.66 Å². The number of allylic oxidation sites excluding steroid dienone is 2. The maximum absolute atomic E-state index is 13.0. The smallest absolute Gasteiger partial charge is 0.407 e. The van der Waals surface area contributed by atoms with Crippen molar-refractivity contribution in [2.24, 2.45) is 5.92 Å². The third-order valence-corrected chi connectivity index (χ3v) is 7.26. The van der Waals surface area contributed by atoms with E-state index < -0.39 is 11.8 Å². The fourth-order valence-corrected chi connectivity index (χ4v) is 5.83. The van der Waals surface area contributed by atoms with Gasteiger partial charge in [-0.05, 0) is 42.0 Å². The maximum Gasteiger partial charge on any atom is 0.407 e. The molecule has 2 unspecified atom stereocenters. The number of carbonyl (C=O) groups is 1. The molecule has 1 N–H and O–H groups in total. The van der Waals surface area contributed by atoms with Gasteiger partial charge < -0.3 is 10.0 Å². The molecule has 3 heterocycles. The Morgan fingerprint density at radius 2 is 2.00 bits per heavy atom. The summed E-state index contributed by atoms with van der Waals surface area (Å²) in [6, 6.07) is 13.7. The molecule has 1 aromatic carbocycles. The first-order chi connectivity index (χ1) is 15.5. The monoisotopic (exact) mass is 432 g/mol. The zero-order valence-electron chi connectivity index (χ0n) is 18.2. The average Bonchev–Trinajstić information content (AvgIpc) is 3.38. The van der Waals surface area contributed by atoms with Crippen molar-refractivity contribution in [1.82, 2.24) is 19.6 Å². The quantitative estimate of drug-likeness (QED) is 0.801. The van der Waals surface area contributed by atoms with Crippen molar-refractivity contribution in [2.45, 2.75) is 43.9 Å². The Kier molecular flexibility index (Phi) is 5.21. The zero-order valence-corrected chi connectivity index (χ0v) is 18.2. The highest BCUT2D eigenvalue weighted by molar-refractivity contribution is 5.75. The fourth-order valence-electron chi connectivity index (χ4n) is 5.83. The summed E-state index contributed by atoms with van der Waals surface area (Å²) in [6.45, 7) is 3.18. The van der Waals surface area contributed by atoms with Crippen LogP contribution in [0.3, 0.4) is 0 Å². The molecule has 2 fully saturated rings. The van der Waals surface area contributed by atoms with Gasteiger partial charge in [0.05, 0.1) is 0 Å². The predicted molar refractivity (Wildman–Crippen MR) is 122 cm³/mol. The van der Waals surface area contributed by atoms with Gasteiger partial charge in [0.1, 0.15) is 5.66 Å². The maximum atomic E-state index is 13.0. The molecule has 2 aromatic rings. The van der Waals surface area contributed by atoms with Gasteiger partial charge in [0, 0.05) is 43.9 Å². The number of aromatic nitrogens is 2. The number of nitrogens with zero attached hydrogens (tertiary/aromatic N) is 4. The van der Waals surface area contributed by atoms with Gasteiger partial charge in [-0.15, -0.1) is 0 Å². The van der Waals surface area contributed by atoms with Gasteiger partial charge in [0.25, 0.3) is 5.56 Å². The van der Waals surface area contributed by atoms with Crippen LogP contribution < -0.4 is 5.56 Å². The third-order valence-electron chi connectivity index (χ3n) is 7.26. The molecule has 166 valence electrons. The Bertz CT molecular complexity index is 1130. The van der Waals surface area contributed by atoms with Crippen LogP contribution in [0.5, 0.6) is 0 Å². The number of hydrogen-bond donors (Lipinski definition) is 1. The zero-order chi connectivity index (χ0) is 22.3. The van der Waals surface area contributed by atoms with Crippen molar-refractivity contribution >= 4 is 11.7 Å². The molecule has 0 radical (unpaired) electrons. The van der Waals surface area contributed by atoms with Crippen molar-refractivity contribution in [3.8, 4) is 0 Å². The topological polar surface area (TPSA) is 78.7 Å². The van der Waals surface area contributed by atoms with E-state index in [-0.39, 0.29) is 23.6 Å². The third kappa shape index (κ3) is 3.28. The van der Waals surface area contributed by atoms with Crippen LogP contribution in [0.2, 0.25) is 0 Å². The molecule has 0 spiro atoms. The van der Waals surface area contributed by atoms with E-state index in [1.165, 1.54) is 4.90 Å². The number of amides is 1. The molecule has 2 saturated heterocycles. The summed E-state index contributed by atoms with van der Waals surface area (Å²) in [5.74, 6) is 0.264. The summed E-state index contributed by atoms with van der Waals surface area (Å²) in [6.07, 6.45) is 9.62. The van der Waals surface area contributed by atoms with E-state index in [4.69, 9.17) is 0 Å². The lowest BCUT2D eigenvalue weighted by Crippen LogP contribution is -2.59. The Labute approximate surface area is 187 Å². The highest BCUT2D eigenvalue weighted by Gasteiger charge is 2.55. The first kappa shape index (κ1) is 20.7. The molecule has 4 atom stereocenters. The van der Waals surface area contributed by atoms with E-state index in [2.05, 4.69) is 47.3 Å². The molecule has 2 aliphatic heterocycles. The Morgan fingerprint density at radius 1 is 1.19 bits per heavy atom. The lowest BCUT2D eigenvalue weighted by molar-refractivity contribution is -0.00199. The van der Waals surface area contributed by atoms with E-state index in [1.807, 2.05) is 18.2 Å². The second-order valence-electron chi connectivity index (χ2n) is 8.94. The van der Waals surface area contributed by atoms with Crippen LogP contribution in [0.25, 0.3) is 5.57 Å². The molecule has 3 aliphatic rings. The molecular formula is C25H28N4O3. The Hall–Kier alpha value is -3.19. The van der Waals surface area contributed by atoms with Crippen molar-refractivity contribution in [3.63, 3.8) is 0 Å². The number of fused-ring (bicyclic) bond motifs is 1. The standard InChI is InChI=1S/C25H28N4O3/c1-2-21-15-20-16-27(24(31)32)17-22(20)28(21)25(29-23(30)9-6-14-26-29)12-10-19(11-13-25)18-7-4-3-5-8-18/h3-12,14,20-22H,2,13,15-17H2,1H3,(H,31,32)/t20-,21?,22+,25?/m1/s1. The van der Waals surface area contributed by atoms with Gasteiger partial charge in [-0.2, -0.15) is 5.10 Å². The lowest BCUT2D eigenvalue weighted by Gasteiger charge is -2.46. The largest absolute Gasteiger partial charge is 0.465 e. The summed E-state index contributed by atoms with van der Waals surface area (Å²) in [4.78, 5) is 28.6. The Balaban J connectivity index is 1.60. The second-order valence-corrected chi connectivity index (χ2v) is 8.94. The number of carboxylic acid groups (broad SMARTS) is 1. The summed E-state index contributed by atoms with van der Waals surface area (Å²) >= 11 is 0. The van der Waals surface area contributed by atoms with Crippen molar-refractivity contribution in [2.75, 3.05) is 13.1 Å². The first-order valence-electron chi connectivity index (χ1n) is 11.3. The summed E-state index contributed by atoms with van der Waals surface area (Å²) in [5.41, 5.74) is 1.34. The molecule has 1 aromatic heterocycles. The number of likely N-dealkylation sites (tertiary alicyclic amines) is 2. The first-order valence-corrected chi connectivity index (χ1v) is 11.3. The summed E-state index contributed by atoms with van der Waals surface area (Å²) < 4.78 is 1.59. The highest BCUT2D eigenvalue weighted by Crippen LogP contribution is 2.46. The van der Waals surface area contributed by atoms with E-state index in [0.29, 0.717) is 19.5 Å². The molecule has 1 aliphatic carbocycles. The number of hydrogen-bond acceptors (Lipinski definition) is 4. The van der Waals surface area contributed by atoms with E-state index in [9.17, 15) is 14.7 Å². The van der Waals surface area contributed by atoms with Crippen molar-refractivity contribution in [3.05, 3.63) is 82.8 Å². The minimum atomic E-state index is -0.873. The molecule has 0 saturated carbocycles. The van der Waals surface area contributed by atoms with Gasteiger partial charge in [-0.1, -0.05) is 49.4 Å². The van der Waals surface area contributed by atoms with Gasteiger partial charge in [-0.25, -0.2) is 9.48 Å². The molecular weight excluding hydrogens is 404 g/mol. The van der Waals surface area contributed by atoms with Gasteiger partial charge in [-0.3, -0.25) is 9.69 Å². The summed E-state index contributed by atoms with van der Waals surface area (Å²) in [7, 11) is 0. The van der Waals surface area contributed by atoms with Crippen LogP contribution in [0.15, 0.2) is 71.7 Å². The lowest BCUT2D eigenvalue weighted by atomic mass is 9.90. The molecule has 1 amide bonds. The fraction of sp³-hybridized carbons (Fsp3) is 0.400. The molecule has 5 rings (SSSR count). The second kappa shape index (κ2) is 8.06. The van der Waals surface area contributed by atoms with E-state index in [1.54, 1.807) is 23.0 Å². The molecule has 7 nitrogen and oxygen atoms in total. The number of rotatable bonds is 4. The molecule has 32 heavy (non-hydrogen) atoms. The minimum absolute atomic E-state index is 0.0567. The van der Waals surface area contributed by atoms with Crippen LogP contribution in [0.1, 0.15) is 31.7 Å². The van der Waals surface area contributed by atoms with Crippen molar-refractivity contribution in [1.29, 1.82) is 0 Å². The summed E-state index contributed by atoms with van der Waals surface area (Å²) in [5, 5.41) is 14.1. The van der Waals surface area contributed by atoms with Crippen LogP contribution >= 0.6 is 0 Å². The van der Waals surface area contributed by atoms with Crippen LogP contribution in [0.4, 0.5) is 4.79 Å². The average molecular weight is 433 g/mol.